The number of rotatable bonds is 4. The van der Waals surface area contributed by atoms with Gasteiger partial charge in [0, 0.05) is 25.5 Å². The molecule has 2 heterocycles. The number of hydrogen-bond acceptors (Lipinski definition) is 4. The van der Waals surface area contributed by atoms with Gasteiger partial charge in [-0.2, -0.15) is 0 Å². The van der Waals surface area contributed by atoms with E-state index in [0.717, 1.165) is 5.69 Å². The van der Waals surface area contributed by atoms with Crippen LogP contribution in [-0.2, 0) is 0 Å². The maximum atomic E-state index is 12.1. The van der Waals surface area contributed by atoms with Gasteiger partial charge in [0.1, 0.15) is 5.56 Å². The lowest BCUT2D eigenvalue weighted by Gasteiger charge is -2.07. The number of carbonyl (C=O) groups excluding carboxylic acids is 1. The molecule has 2 aromatic heterocycles. The van der Waals surface area contributed by atoms with Crippen LogP contribution in [0.4, 0.5) is 5.82 Å². The van der Waals surface area contributed by atoms with E-state index in [0.29, 0.717) is 11.4 Å². The highest BCUT2D eigenvalue weighted by Gasteiger charge is 2.16. The van der Waals surface area contributed by atoms with Crippen LogP contribution >= 0.6 is 0 Å². The molecule has 2 rings (SSSR count). The molecule has 0 aliphatic carbocycles. The lowest BCUT2D eigenvalue weighted by molar-refractivity contribution is 0.0944. The third kappa shape index (κ3) is 2.90. The van der Waals surface area contributed by atoms with Crippen molar-refractivity contribution in [2.24, 2.45) is 0 Å². The van der Waals surface area contributed by atoms with Gasteiger partial charge in [-0.3, -0.25) is 9.78 Å². The Morgan fingerprint density at radius 1 is 1.42 bits per heavy atom. The molecule has 1 amide bonds. The predicted molar refractivity (Wildman–Crippen MR) is 73.5 cm³/mol. The molecule has 0 aliphatic heterocycles. The van der Waals surface area contributed by atoms with Crippen molar-refractivity contribution in [3.05, 3.63) is 36.3 Å². The largest absolute Gasteiger partial charge is 0.371 e. The zero-order chi connectivity index (χ0) is 13.8. The Morgan fingerprint density at radius 2 is 2.21 bits per heavy atom. The van der Waals surface area contributed by atoms with E-state index in [4.69, 9.17) is 0 Å². The number of amides is 1. The molecule has 0 unspecified atom stereocenters. The van der Waals surface area contributed by atoms with Crippen molar-refractivity contribution in [1.82, 2.24) is 20.1 Å². The first kappa shape index (κ1) is 13.1. The minimum atomic E-state index is -0.144. The van der Waals surface area contributed by atoms with Crippen LogP contribution in [0, 0.1) is 0 Å². The summed E-state index contributed by atoms with van der Waals surface area (Å²) < 4.78 is 1.63. The van der Waals surface area contributed by atoms with E-state index in [1.807, 2.05) is 26.0 Å². The maximum Gasteiger partial charge on any atom is 0.256 e. The van der Waals surface area contributed by atoms with Gasteiger partial charge in [0.15, 0.2) is 5.82 Å². The molecule has 19 heavy (non-hydrogen) atoms. The first-order chi connectivity index (χ1) is 9.11. The van der Waals surface area contributed by atoms with Gasteiger partial charge in [0.2, 0.25) is 0 Å². The third-order valence-electron chi connectivity index (χ3n) is 2.53. The molecule has 0 aromatic carbocycles. The van der Waals surface area contributed by atoms with E-state index in [9.17, 15) is 4.79 Å². The van der Waals surface area contributed by atoms with Gasteiger partial charge >= 0.3 is 0 Å². The monoisotopic (exact) mass is 259 g/mol. The fraction of sp³-hybridized carbons (Fsp3) is 0.308. The summed E-state index contributed by atoms with van der Waals surface area (Å²) in [6, 6.07) is 3.78. The van der Waals surface area contributed by atoms with Gasteiger partial charge in [0.25, 0.3) is 5.91 Å². The van der Waals surface area contributed by atoms with Crippen LogP contribution in [0.25, 0.3) is 5.69 Å². The SMILES string of the molecule is CNc1nn(-c2cccnc2)cc1C(=O)NC(C)C. The molecular weight excluding hydrogens is 242 g/mol. The number of pyridine rings is 1. The van der Waals surface area contributed by atoms with E-state index in [2.05, 4.69) is 20.7 Å². The van der Waals surface area contributed by atoms with Crippen molar-refractivity contribution in [3.8, 4) is 5.69 Å². The Labute approximate surface area is 111 Å². The second kappa shape index (κ2) is 5.51. The molecule has 6 nitrogen and oxygen atoms in total. The van der Waals surface area contributed by atoms with Gasteiger partial charge < -0.3 is 10.6 Å². The molecule has 2 N–H and O–H groups in total. The molecule has 0 radical (unpaired) electrons. The normalized spacial score (nSPS) is 10.5. The third-order valence-corrected chi connectivity index (χ3v) is 2.53. The Kier molecular flexibility index (Phi) is 3.79. The highest BCUT2D eigenvalue weighted by Crippen LogP contribution is 2.15. The average Bonchev–Trinajstić information content (AvgIpc) is 2.83. The summed E-state index contributed by atoms with van der Waals surface area (Å²) in [6.07, 6.45) is 5.08. The number of carbonyl (C=O) groups is 1. The van der Waals surface area contributed by atoms with Crippen molar-refractivity contribution in [3.63, 3.8) is 0 Å². The lowest BCUT2D eigenvalue weighted by Crippen LogP contribution is -2.30. The van der Waals surface area contributed by atoms with E-state index in [1.54, 1.807) is 30.3 Å². The number of nitrogens with one attached hydrogen (secondary N) is 2. The Morgan fingerprint density at radius 3 is 2.79 bits per heavy atom. The minimum absolute atomic E-state index is 0.0824. The van der Waals surface area contributed by atoms with Crippen LogP contribution in [0.3, 0.4) is 0 Å². The smallest absolute Gasteiger partial charge is 0.256 e. The van der Waals surface area contributed by atoms with Crippen LogP contribution < -0.4 is 10.6 Å². The summed E-state index contributed by atoms with van der Waals surface area (Å²) in [5.74, 6) is 0.400. The van der Waals surface area contributed by atoms with Crippen molar-refractivity contribution in [2.45, 2.75) is 19.9 Å². The molecule has 0 spiro atoms. The second-order valence-electron chi connectivity index (χ2n) is 4.43. The quantitative estimate of drug-likeness (QED) is 0.871. The Hall–Kier alpha value is -2.37. The molecule has 0 saturated heterocycles. The molecular formula is C13H17N5O. The summed E-state index contributed by atoms with van der Waals surface area (Å²) in [5, 5.41) is 10.1. The summed E-state index contributed by atoms with van der Waals surface area (Å²) in [7, 11) is 1.74. The van der Waals surface area contributed by atoms with Gasteiger partial charge in [-0.05, 0) is 26.0 Å². The molecule has 2 aromatic rings. The number of anilines is 1. The molecule has 0 atom stereocenters. The van der Waals surface area contributed by atoms with E-state index < -0.39 is 0 Å². The first-order valence-corrected chi connectivity index (χ1v) is 6.10. The maximum absolute atomic E-state index is 12.1. The van der Waals surface area contributed by atoms with Gasteiger partial charge in [-0.15, -0.1) is 5.10 Å². The van der Waals surface area contributed by atoms with Crippen LogP contribution in [0.2, 0.25) is 0 Å². The summed E-state index contributed by atoms with van der Waals surface area (Å²) in [6.45, 7) is 3.84. The van der Waals surface area contributed by atoms with Crippen molar-refractivity contribution < 1.29 is 4.79 Å². The minimum Gasteiger partial charge on any atom is -0.371 e. The highest BCUT2D eigenvalue weighted by atomic mass is 16.1. The zero-order valence-electron chi connectivity index (χ0n) is 11.2. The zero-order valence-corrected chi connectivity index (χ0v) is 11.2. The van der Waals surface area contributed by atoms with Crippen molar-refractivity contribution in [1.29, 1.82) is 0 Å². The van der Waals surface area contributed by atoms with Gasteiger partial charge in [-0.1, -0.05) is 0 Å². The van der Waals surface area contributed by atoms with Crippen LogP contribution in [0.1, 0.15) is 24.2 Å². The number of hydrogen-bond donors (Lipinski definition) is 2. The molecule has 6 heteroatoms. The Balaban J connectivity index is 2.35. The summed E-state index contributed by atoms with van der Waals surface area (Å²) >= 11 is 0. The standard InChI is InChI=1S/C13H17N5O/c1-9(2)16-13(19)11-8-18(17-12(11)14-3)10-5-4-6-15-7-10/h4-9H,1-3H3,(H,14,17)(H,16,19). The van der Waals surface area contributed by atoms with E-state index >= 15 is 0 Å². The number of aromatic nitrogens is 3. The highest BCUT2D eigenvalue weighted by molar-refractivity contribution is 5.98. The summed E-state index contributed by atoms with van der Waals surface area (Å²) in [5.41, 5.74) is 1.32. The molecule has 0 aliphatic rings. The first-order valence-electron chi connectivity index (χ1n) is 6.10. The van der Waals surface area contributed by atoms with Crippen molar-refractivity contribution in [2.75, 3.05) is 12.4 Å². The van der Waals surface area contributed by atoms with Gasteiger partial charge in [0.05, 0.1) is 11.9 Å². The van der Waals surface area contributed by atoms with Crippen LogP contribution in [0.15, 0.2) is 30.7 Å². The number of nitrogens with zero attached hydrogens (tertiary/aromatic N) is 3. The molecule has 0 bridgehead atoms. The fourth-order valence-electron chi connectivity index (χ4n) is 1.69. The van der Waals surface area contributed by atoms with E-state index in [1.165, 1.54) is 0 Å². The Bertz CT molecular complexity index is 562. The second-order valence-corrected chi connectivity index (χ2v) is 4.43. The van der Waals surface area contributed by atoms with Crippen LogP contribution in [-0.4, -0.2) is 33.8 Å². The molecule has 0 saturated carbocycles. The topological polar surface area (TPSA) is 71.8 Å². The predicted octanol–water partition coefficient (Wildman–Crippen LogP) is 1.45. The molecule has 0 fully saturated rings. The average molecular weight is 259 g/mol. The lowest BCUT2D eigenvalue weighted by atomic mass is 10.2. The van der Waals surface area contributed by atoms with E-state index in [-0.39, 0.29) is 11.9 Å². The van der Waals surface area contributed by atoms with Gasteiger partial charge in [-0.25, -0.2) is 4.68 Å². The fourth-order valence-corrected chi connectivity index (χ4v) is 1.69. The molecule has 100 valence electrons. The summed E-state index contributed by atoms with van der Waals surface area (Å²) in [4.78, 5) is 16.1. The van der Waals surface area contributed by atoms with Crippen LogP contribution in [0.5, 0.6) is 0 Å². The van der Waals surface area contributed by atoms with Crippen molar-refractivity contribution >= 4 is 11.7 Å².